The third-order valence-electron chi connectivity index (χ3n) is 3.72. The lowest BCUT2D eigenvalue weighted by Crippen LogP contribution is -2.53. The molecule has 2 N–H and O–H groups in total. The number of nitrogens with two attached hydrogens (primary N) is 1. The Morgan fingerprint density at radius 2 is 2.06 bits per heavy atom. The van der Waals surface area contributed by atoms with E-state index in [0.717, 1.165) is 30.5 Å². The van der Waals surface area contributed by atoms with E-state index in [0.29, 0.717) is 5.41 Å². The van der Waals surface area contributed by atoms with Gasteiger partial charge in [-0.3, -0.25) is 4.90 Å². The lowest BCUT2D eigenvalue weighted by Gasteiger charge is -2.46. The SMILES string of the molecule is CC(C)(C)C1CN(CCOc2cccc(N)c2)C1. The van der Waals surface area contributed by atoms with Gasteiger partial charge in [0.15, 0.2) is 0 Å². The fourth-order valence-corrected chi connectivity index (χ4v) is 2.20. The van der Waals surface area contributed by atoms with Crippen molar-refractivity contribution < 1.29 is 4.74 Å². The molecular weight excluding hydrogens is 224 g/mol. The summed E-state index contributed by atoms with van der Waals surface area (Å²) in [5.74, 6) is 1.69. The first-order valence-corrected chi connectivity index (χ1v) is 6.66. The predicted octanol–water partition coefficient (Wildman–Crippen LogP) is 2.63. The zero-order valence-electron chi connectivity index (χ0n) is 11.6. The minimum Gasteiger partial charge on any atom is -0.492 e. The maximum absolute atomic E-state index is 5.70. The maximum atomic E-state index is 5.70. The van der Waals surface area contributed by atoms with Gasteiger partial charge < -0.3 is 10.5 Å². The number of likely N-dealkylation sites (tertiary alicyclic amines) is 1. The third kappa shape index (κ3) is 3.39. The fourth-order valence-electron chi connectivity index (χ4n) is 2.20. The fraction of sp³-hybridized carbons (Fsp3) is 0.600. The van der Waals surface area contributed by atoms with E-state index in [1.807, 2.05) is 24.3 Å². The molecule has 0 saturated carbocycles. The summed E-state index contributed by atoms with van der Waals surface area (Å²) < 4.78 is 5.69. The largest absolute Gasteiger partial charge is 0.492 e. The Hall–Kier alpha value is -1.22. The molecule has 2 rings (SSSR count). The van der Waals surface area contributed by atoms with Crippen molar-refractivity contribution in [2.45, 2.75) is 20.8 Å². The van der Waals surface area contributed by atoms with Gasteiger partial charge in [-0.25, -0.2) is 0 Å². The number of nitrogen functional groups attached to an aromatic ring is 1. The first kappa shape index (κ1) is 13.2. The summed E-state index contributed by atoms with van der Waals surface area (Å²) in [7, 11) is 0. The highest BCUT2D eigenvalue weighted by molar-refractivity contribution is 5.43. The highest BCUT2D eigenvalue weighted by Gasteiger charge is 2.35. The first-order valence-electron chi connectivity index (χ1n) is 6.66. The number of hydrogen-bond acceptors (Lipinski definition) is 3. The molecule has 100 valence electrons. The second kappa shape index (κ2) is 5.19. The second-order valence-corrected chi connectivity index (χ2v) is 6.24. The Kier molecular flexibility index (Phi) is 3.81. The van der Waals surface area contributed by atoms with E-state index in [1.54, 1.807) is 0 Å². The Labute approximate surface area is 110 Å². The molecule has 1 fully saturated rings. The van der Waals surface area contributed by atoms with Crippen LogP contribution in [0.15, 0.2) is 24.3 Å². The summed E-state index contributed by atoms with van der Waals surface area (Å²) >= 11 is 0. The zero-order valence-corrected chi connectivity index (χ0v) is 11.6. The molecule has 18 heavy (non-hydrogen) atoms. The Morgan fingerprint density at radius 1 is 1.33 bits per heavy atom. The molecule has 0 amide bonds. The van der Waals surface area contributed by atoms with E-state index in [1.165, 1.54) is 13.1 Å². The molecule has 1 heterocycles. The van der Waals surface area contributed by atoms with Crippen LogP contribution in [0.25, 0.3) is 0 Å². The van der Waals surface area contributed by atoms with Crippen molar-refractivity contribution >= 4 is 5.69 Å². The lowest BCUT2D eigenvalue weighted by molar-refractivity contribution is 0.0166. The van der Waals surface area contributed by atoms with Crippen LogP contribution in [0.1, 0.15) is 20.8 Å². The highest BCUT2D eigenvalue weighted by Crippen LogP contribution is 2.33. The lowest BCUT2D eigenvalue weighted by atomic mass is 9.76. The summed E-state index contributed by atoms with van der Waals surface area (Å²) in [5.41, 5.74) is 6.89. The molecule has 3 nitrogen and oxygen atoms in total. The molecule has 1 aliphatic heterocycles. The van der Waals surface area contributed by atoms with Crippen LogP contribution in [-0.4, -0.2) is 31.1 Å². The number of nitrogens with zero attached hydrogens (tertiary/aromatic N) is 1. The highest BCUT2D eigenvalue weighted by atomic mass is 16.5. The van der Waals surface area contributed by atoms with Crippen LogP contribution < -0.4 is 10.5 Å². The predicted molar refractivity (Wildman–Crippen MR) is 75.7 cm³/mol. The maximum Gasteiger partial charge on any atom is 0.121 e. The Balaban J connectivity index is 1.66. The van der Waals surface area contributed by atoms with Gasteiger partial charge in [0.25, 0.3) is 0 Å². The van der Waals surface area contributed by atoms with Gasteiger partial charge in [-0.2, -0.15) is 0 Å². The molecule has 0 atom stereocenters. The van der Waals surface area contributed by atoms with Crippen molar-refractivity contribution in [2.75, 3.05) is 32.0 Å². The van der Waals surface area contributed by atoms with Gasteiger partial charge in [0, 0.05) is 31.4 Å². The molecule has 0 aliphatic carbocycles. The number of ether oxygens (including phenoxy) is 1. The molecular formula is C15H24N2O. The van der Waals surface area contributed by atoms with Gasteiger partial charge in [-0.1, -0.05) is 26.8 Å². The van der Waals surface area contributed by atoms with E-state index in [9.17, 15) is 0 Å². The van der Waals surface area contributed by atoms with Crippen molar-refractivity contribution in [1.29, 1.82) is 0 Å². The van der Waals surface area contributed by atoms with Gasteiger partial charge >= 0.3 is 0 Å². The smallest absolute Gasteiger partial charge is 0.121 e. The molecule has 3 heteroatoms. The van der Waals surface area contributed by atoms with Gasteiger partial charge in [0.1, 0.15) is 12.4 Å². The minimum absolute atomic E-state index is 0.436. The number of benzene rings is 1. The van der Waals surface area contributed by atoms with Crippen LogP contribution in [0.4, 0.5) is 5.69 Å². The molecule has 1 aromatic carbocycles. The molecule has 1 aliphatic rings. The molecule has 0 spiro atoms. The van der Waals surface area contributed by atoms with Gasteiger partial charge in [0.05, 0.1) is 0 Å². The topological polar surface area (TPSA) is 38.5 Å². The zero-order chi connectivity index (χ0) is 13.2. The van der Waals surface area contributed by atoms with E-state index < -0.39 is 0 Å². The number of rotatable bonds is 4. The summed E-state index contributed by atoms with van der Waals surface area (Å²) in [6.07, 6.45) is 0. The van der Waals surface area contributed by atoms with Crippen LogP contribution in [-0.2, 0) is 0 Å². The molecule has 0 aromatic heterocycles. The molecule has 1 saturated heterocycles. The van der Waals surface area contributed by atoms with Crippen molar-refractivity contribution in [1.82, 2.24) is 4.90 Å². The Morgan fingerprint density at radius 3 is 2.67 bits per heavy atom. The minimum atomic E-state index is 0.436. The monoisotopic (exact) mass is 248 g/mol. The van der Waals surface area contributed by atoms with Gasteiger partial charge in [-0.05, 0) is 23.5 Å². The standard InChI is InChI=1S/C15H24N2O/c1-15(2,3)12-10-17(11-12)7-8-18-14-6-4-5-13(16)9-14/h4-6,9,12H,7-8,10-11,16H2,1-3H3. The van der Waals surface area contributed by atoms with Crippen LogP contribution in [0.2, 0.25) is 0 Å². The van der Waals surface area contributed by atoms with Crippen LogP contribution in [0, 0.1) is 11.3 Å². The quantitative estimate of drug-likeness (QED) is 0.832. The molecule has 0 radical (unpaired) electrons. The summed E-state index contributed by atoms with van der Waals surface area (Å²) in [6.45, 7) is 11.1. The van der Waals surface area contributed by atoms with Crippen LogP contribution in [0.3, 0.4) is 0 Å². The van der Waals surface area contributed by atoms with Gasteiger partial charge in [-0.15, -0.1) is 0 Å². The van der Waals surface area contributed by atoms with E-state index >= 15 is 0 Å². The van der Waals surface area contributed by atoms with E-state index in [-0.39, 0.29) is 0 Å². The van der Waals surface area contributed by atoms with Crippen LogP contribution >= 0.6 is 0 Å². The molecule has 0 bridgehead atoms. The van der Waals surface area contributed by atoms with Crippen molar-refractivity contribution in [3.8, 4) is 5.75 Å². The summed E-state index contributed by atoms with van der Waals surface area (Å²) in [5, 5.41) is 0. The molecule has 1 aromatic rings. The summed E-state index contributed by atoms with van der Waals surface area (Å²) in [4.78, 5) is 2.45. The second-order valence-electron chi connectivity index (χ2n) is 6.24. The first-order chi connectivity index (χ1) is 8.45. The van der Waals surface area contributed by atoms with Crippen molar-refractivity contribution in [3.05, 3.63) is 24.3 Å². The molecule has 0 unspecified atom stereocenters. The van der Waals surface area contributed by atoms with Crippen molar-refractivity contribution in [2.24, 2.45) is 11.3 Å². The number of anilines is 1. The Bertz CT molecular complexity index is 392. The summed E-state index contributed by atoms with van der Waals surface area (Å²) in [6, 6.07) is 7.61. The average molecular weight is 248 g/mol. The average Bonchev–Trinajstić information content (AvgIpc) is 2.19. The van der Waals surface area contributed by atoms with E-state index in [4.69, 9.17) is 10.5 Å². The number of hydrogen-bond donors (Lipinski definition) is 1. The normalized spacial score (nSPS) is 17.5. The van der Waals surface area contributed by atoms with E-state index in [2.05, 4.69) is 25.7 Å². The third-order valence-corrected chi connectivity index (χ3v) is 3.72. The van der Waals surface area contributed by atoms with Gasteiger partial charge in [0.2, 0.25) is 0 Å². The van der Waals surface area contributed by atoms with Crippen molar-refractivity contribution in [3.63, 3.8) is 0 Å². The van der Waals surface area contributed by atoms with Crippen LogP contribution in [0.5, 0.6) is 5.75 Å².